The maximum atomic E-state index is 13.3. The molecule has 5 nitrogen and oxygen atoms in total. The maximum Gasteiger partial charge on any atom is 0.244 e. The minimum Gasteiger partial charge on any atom is -0.396 e. The number of nitrogens with two attached hydrogens (primary N) is 1. The Morgan fingerprint density at radius 1 is 1.52 bits per heavy atom. The van der Waals surface area contributed by atoms with Crippen molar-refractivity contribution in [1.82, 2.24) is 4.31 Å². The predicted molar refractivity (Wildman–Crippen MR) is 79.2 cm³/mol. The Kier molecular flexibility index (Phi) is 5.08. The minimum atomic E-state index is -3.78. The van der Waals surface area contributed by atoms with E-state index in [2.05, 4.69) is 0 Å². The molecule has 0 aliphatic carbocycles. The van der Waals surface area contributed by atoms with Crippen LogP contribution < -0.4 is 5.73 Å². The number of halogens is 2. The normalized spacial score (nSPS) is 20.6. The SMILES string of the molecule is COCC1CCCN(S(=O)(=O)c2cc(N)c(F)cc2Cl)C1. The van der Waals surface area contributed by atoms with Crippen LogP contribution in [0.3, 0.4) is 0 Å². The van der Waals surface area contributed by atoms with Crippen molar-refractivity contribution in [2.24, 2.45) is 5.92 Å². The van der Waals surface area contributed by atoms with Gasteiger partial charge < -0.3 is 10.5 Å². The molecular formula is C13H18ClFN2O3S. The van der Waals surface area contributed by atoms with Crippen molar-refractivity contribution in [2.45, 2.75) is 17.7 Å². The molecule has 1 atom stereocenters. The van der Waals surface area contributed by atoms with Gasteiger partial charge in [-0.3, -0.25) is 0 Å². The van der Waals surface area contributed by atoms with E-state index in [1.165, 1.54) is 4.31 Å². The van der Waals surface area contributed by atoms with Gasteiger partial charge in [-0.2, -0.15) is 4.31 Å². The van der Waals surface area contributed by atoms with Crippen LogP contribution in [0.4, 0.5) is 10.1 Å². The van der Waals surface area contributed by atoms with Crippen LogP contribution in [0.15, 0.2) is 17.0 Å². The molecule has 118 valence electrons. The molecule has 0 bridgehead atoms. The lowest BCUT2D eigenvalue weighted by Crippen LogP contribution is -2.41. The molecule has 0 spiro atoms. The lowest BCUT2D eigenvalue weighted by atomic mass is 10.0. The van der Waals surface area contributed by atoms with Crippen molar-refractivity contribution >= 4 is 27.3 Å². The first-order valence-electron chi connectivity index (χ1n) is 6.60. The quantitative estimate of drug-likeness (QED) is 0.855. The van der Waals surface area contributed by atoms with Gasteiger partial charge in [0.25, 0.3) is 0 Å². The Balaban J connectivity index is 2.31. The van der Waals surface area contributed by atoms with Crippen LogP contribution >= 0.6 is 11.6 Å². The van der Waals surface area contributed by atoms with E-state index >= 15 is 0 Å². The highest BCUT2D eigenvalue weighted by atomic mass is 35.5. The summed E-state index contributed by atoms with van der Waals surface area (Å²) in [5.74, 6) is -0.579. The summed E-state index contributed by atoms with van der Waals surface area (Å²) < 4.78 is 45.1. The number of nitrogens with zero attached hydrogens (tertiary/aromatic N) is 1. The fraction of sp³-hybridized carbons (Fsp3) is 0.538. The van der Waals surface area contributed by atoms with Crippen LogP contribution in [0.25, 0.3) is 0 Å². The fourth-order valence-corrected chi connectivity index (χ4v) is 4.58. The van der Waals surface area contributed by atoms with Crippen LogP contribution in [-0.2, 0) is 14.8 Å². The van der Waals surface area contributed by atoms with Gasteiger partial charge in [0.05, 0.1) is 17.3 Å². The summed E-state index contributed by atoms with van der Waals surface area (Å²) in [6.45, 7) is 1.28. The Labute approximate surface area is 128 Å². The van der Waals surface area contributed by atoms with Crippen molar-refractivity contribution < 1.29 is 17.5 Å². The largest absolute Gasteiger partial charge is 0.396 e. The molecule has 21 heavy (non-hydrogen) atoms. The number of benzene rings is 1. The first kappa shape index (κ1) is 16.5. The number of piperidine rings is 1. The third-order valence-electron chi connectivity index (χ3n) is 3.55. The first-order chi connectivity index (χ1) is 9.86. The highest BCUT2D eigenvalue weighted by Crippen LogP contribution is 2.31. The zero-order valence-corrected chi connectivity index (χ0v) is 13.3. The topological polar surface area (TPSA) is 72.6 Å². The van der Waals surface area contributed by atoms with Crippen molar-refractivity contribution in [3.63, 3.8) is 0 Å². The van der Waals surface area contributed by atoms with Gasteiger partial charge in [0.1, 0.15) is 10.7 Å². The van der Waals surface area contributed by atoms with Gasteiger partial charge in [-0.15, -0.1) is 0 Å². The van der Waals surface area contributed by atoms with Crippen molar-refractivity contribution in [3.8, 4) is 0 Å². The van der Waals surface area contributed by atoms with Gasteiger partial charge in [0.2, 0.25) is 10.0 Å². The van der Waals surface area contributed by atoms with E-state index in [0.717, 1.165) is 25.0 Å². The molecule has 1 heterocycles. The molecule has 1 fully saturated rings. The number of rotatable bonds is 4. The maximum absolute atomic E-state index is 13.3. The Morgan fingerprint density at radius 2 is 2.24 bits per heavy atom. The molecule has 1 saturated heterocycles. The molecule has 0 saturated carbocycles. The van der Waals surface area contributed by atoms with Gasteiger partial charge in [0.15, 0.2) is 0 Å². The van der Waals surface area contributed by atoms with Crippen LogP contribution in [0, 0.1) is 11.7 Å². The fourth-order valence-electron chi connectivity index (χ4n) is 2.50. The third kappa shape index (κ3) is 3.48. The second-order valence-corrected chi connectivity index (χ2v) is 7.44. The van der Waals surface area contributed by atoms with Crippen molar-refractivity contribution in [2.75, 3.05) is 32.5 Å². The number of ether oxygens (including phenoxy) is 1. The number of nitrogen functional groups attached to an aromatic ring is 1. The van der Waals surface area contributed by atoms with E-state index in [1.54, 1.807) is 7.11 Å². The Hall–Kier alpha value is -0.890. The molecule has 2 N–H and O–H groups in total. The smallest absolute Gasteiger partial charge is 0.244 e. The van der Waals surface area contributed by atoms with E-state index in [0.29, 0.717) is 19.7 Å². The number of sulfonamides is 1. The van der Waals surface area contributed by atoms with E-state index in [4.69, 9.17) is 22.1 Å². The highest BCUT2D eigenvalue weighted by Gasteiger charge is 2.32. The van der Waals surface area contributed by atoms with E-state index < -0.39 is 15.8 Å². The molecule has 8 heteroatoms. The highest BCUT2D eigenvalue weighted by molar-refractivity contribution is 7.89. The van der Waals surface area contributed by atoms with Crippen LogP contribution in [0.1, 0.15) is 12.8 Å². The van der Waals surface area contributed by atoms with Crippen LogP contribution in [0.5, 0.6) is 0 Å². The number of hydrogen-bond donors (Lipinski definition) is 1. The van der Waals surface area contributed by atoms with E-state index in [1.807, 2.05) is 0 Å². The van der Waals surface area contributed by atoms with Gasteiger partial charge in [-0.05, 0) is 30.9 Å². The average molecular weight is 337 g/mol. The summed E-state index contributed by atoms with van der Waals surface area (Å²) in [7, 11) is -2.20. The second kappa shape index (κ2) is 6.48. The van der Waals surface area contributed by atoms with Gasteiger partial charge in [-0.25, -0.2) is 12.8 Å². The van der Waals surface area contributed by atoms with E-state index in [-0.39, 0.29) is 21.5 Å². The van der Waals surface area contributed by atoms with Gasteiger partial charge in [-0.1, -0.05) is 11.6 Å². The lowest BCUT2D eigenvalue weighted by Gasteiger charge is -2.31. The number of anilines is 1. The van der Waals surface area contributed by atoms with E-state index in [9.17, 15) is 12.8 Å². The molecule has 1 aliphatic heterocycles. The third-order valence-corrected chi connectivity index (χ3v) is 5.88. The standard InChI is InChI=1S/C13H18ClFN2O3S/c1-20-8-9-3-2-4-17(7-9)21(18,19)13-6-12(16)11(15)5-10(13)14/h5-6,9H,2-4,7-8,16H2,1H3. The van der Waals surface area contributed by atoms with Gasteiger partial charge >= 0.3 is 0 Å². The summed E-state index contributed by atoms with van der Waals surface area (Å²) in [5, 5.41) is -0.157. The zero-order valence-electron chi connectivity index (χ0n) is 11.7. The minimum absolute atomic E-state index is 0.148. The summed E-state index contributed by atoms with van der Waals surface area (Å²) >= 11 is 5.88. The summed E-state index contributed by atoms with van der Waals surface area (Å²) in [6, 6.07) is 2.01. The monoisotopic (exact) mass is 336 g/mol. The molecule has 1 aromatic rings. The Morgan fingerprint density at radius 3 is 2.90 bits per heavy atom. The molecule has 1 aliphatic rings. The second-order valence-electron chi connectivity index (χ2n) is 5.13. The molecule has 0 amide bonds. The lowest BCUT2D eigenvalue weighted by molar-refractivity contribution is 0.118. The van der Waals surface area contributed by atoms with Gasteiger partial charge in [0, 0.05) is 20.2 Å². The zero-order chi connectivity index (χ0) is 15.6. The number of hydrogen-bond acceptors (Lipinski definition) is 4. The molecule has 1 unspecified atom stereocenters. The van der Waals surface area contributed by atoms with Crippen molar-refractivity contribution in [1.29, 1.82) is 0 Å². The molecule has 0 aromatic heterocycles. The van der Waals surface area contributed by atoms with Crippen LogP contribution in [0.2, 0.25) is 5.02 Å². The van der Waals surface area contributed by atoms with Crippen LogP contribution in [-0.4, -0.2) is 39.5 Å². The average Bonchev–Trinajstić information content (AvgIpc) is 2.43. The predicted octanol–water partition coefficient (Wildman–Crippen LogP) is 2.11. The summed E-state index contributed by atoms with van der Waals surface area (Å²) in [5.41, 5.74) is 5.22. The van der Waals surface area contributed by atoms with Crippen molar-refractivity contribution in [3.05, 3.63) is 23.0 Å². The first-order valence-corrected chi connectivity index (χ1v) is 8.41. The Bertz CT molecular complexity index is 622. The summed E-state index contributed by atoms with van der Waals surface area (Å²) in [4.78, 5) is -0.152. The summed E-state index contributed by atoms with van der Waals surface area (Å²) in [6.07, 6.45) is 1.67. The number of methoxy groups -OCH3 is 1. The molecule has 2 rings (SSSR count). The molecule has 1 aromatic carbocycles. The molecular weight excluding hydrogens is 319 g/mol. The molecule has 0 radical (unpaired) electrons.